The van der Waals surface area contributed by atoms with Gasteiger partial charge >= 0.3 is 5.63 Å². The van der Waals surface area contributed by atoms with Crippen molar-refractivity contribution in [1.29, 1.82) is 0 Å². The Morgan fingerprint density at radius 3 is 2.72 bits per heavy atom. The fourth-order valence-corrected chi connectivity index (χ4v) is 3.24. The largest absolute Gasteiger partial charge is 0.485 e. The Morgan fingerprint density at radius 1 is 1.21 bits per heavy atom. The number of carbonyl (C=O) groups is 1. The van der Waals surface area contributed by atoms with Crippen LogP contribution in [0, 0.1) is 6.92 Å². The van der Waals surface area contributed by atoms with E-state index in [4.69, 9.17) is 13.9 Å². The topological polar surface area (TPSA) is 81.9 Å². The zero-order valence-corrected chi connectivity index (χ0v) is 16.1. The highest BCUT2D eigenvalue weighted by Crippen LogP contribution is 2.35. The lowest BCUT2D eigenvalue weighted by molar-refractivity contribution is 0.0708. The molecule has 7 nitrogen and oxygen atoms in total. The highest BCUT2D eigenvalue weighted by molar-refractivity contribution is 5.94. The van der Waals surface area contributed by atoms with Gasteiger partial charge in [0.25, 0.3) is 5.91 Å². The molecular formula is C22H20N2O5. The van der Waals surface area contributed by atoms with Crippen LogP contribution in [-0.4, -0.2) is 29.4 Å². The van der Waals surface area contributed by atoms with Crippen LogP contribution in [0.15, 0.2) is 64.1 Å². The number of rotatable bonds is 4. The number of nitrogens with zero attached hydrogens (tertiary/aromatic N) is 2. The first-order valence-electron chi connectivity index (χ1n) is 9.20. The van der Waals surface area contributed by atoms with E-state index < -0.39 is 17.6 Å². The predicted octanol–water partition coefficient (Wildman–Crippen LogP) is 3.13. The molecule has 1 amide bonds. The number of ether oxygens (including phenoxy) is 2. The zero-order valence-electron chi connectivity index (χ0n) is 16.1. The maximum Gasteiger partial charge on any atom is 0.349 e. The van der Waals surface area contributed by atoms with Gasteiger partial charge in [-0.05, 0) is 42.3 Å². The molecule has 7 heteroatoms. The number of fused-ring (bicyclic) bond motifs is 1. The Morgan fingerprint density at radius 2 is 2.00 bits per heavy atom. The summed E-state index contributed by atoms with van der Waals surface area (Å²) in [5.41, 5.74) is 0.720. The maximum atomic E-state index is 12.8. The number of aromatic nitrogens is 1. The van der Waals surface area contributed by atoms with E-state index >= 15 is 0 Å². The summed E-state index contributed by atoms with van der Waals surface area (Å²) in [6.45, 7) is 2.26. The normalized spacial score (nSPS) is 15.0. The average molecular weight is 392 g/mol. The second-order valence-corrected chi connectivity index (χ2v) is 6.88. The quantitative estimate of drug-likeness (QED) is 0.679. The van der Waals surface area contributed by atoms with Gasteiger partial charge < -0.3 is 18.8 Å². The molecule has 1 atom stereocenters. The van der Waals surface area contributed by atoms with E-state index in [1.54, 1.807) is 44.6 Å². The van der Waals surface area contributed by atoms with E-state index in [2.05, 4.69) is 4.98 Å². The predicted molar refractivity (Wildman–Crippen MR) is 105 cm³/mol. The number of hydrogen-bond donors (Lipinski definition) is 0. The van der Waals surface area contributed by atoms with Crippen molar-refractivity contribution in [3.05, 3.63) is 87.7 Å². The van der Waals surface area contributed by atoms with Crippen molar-refractivity contribution in [2.45, 2.75) is 19.6 Å². The standard InChI is InChI=1S/C22H20N2O5/c1-14-10-18(19-13-27-16-7-3-4-8-17(16)28-19)29-22(26)20(14)21(25)24(2)12-15-6-5-9-23-11-15/h3-11,19H,12-13H2,1-2H3. The molecule has 0 bridgehead atoms. The Labute approximate surface area is 167 Å². The lowest BCUT2D eigenvalue weighted by Crippen LogP contribution is -2.32. The molecule has 0 radical (unpaired) electrons. The fraction of sp³-hybridized carbons (Fsp3) is 0.227. The van der Waals surface area contributed by atoms with Crippen LogP contribution in [0.3, 0.4) is 0 Å². The van der Waals surface area contributed by atoms with Crippen LogP contribution in [0.1, 0.15) is 33.3 Å². The summed E-state index contributed by atoms with van der Waals surface area (Å²) in [5.74, 6) is 1.15. The summed E-state index contributed by atoms with van der Waals surface area (Å²) in [7, 11) is 1.64. The Hall–Kier alpha value is -3.61. The highest BCUT2D eigenvalue weighted by atomic mass is 16.6. The van der Waals surface area contributed by atoms with Crippen molar-refractivity contribution in [2.75, 3.05) is 13.7 Å². The van der Waals surface area contributed by atoms with Gasteiger partial charge in [0.1, 0.15) is 12.2 Å². The van der Waals surface area contributed by atoms with E-state index in [1.165, 1.54) is 4.90 Å². The van der Waals surface area contributed by atoms with Gasteiger partial charge in [0.2, 0.25) is 0 Å². The van der Waals surface area contributed by atoms with Crippen molar-refractivity contribution in [3.63, 3.8) is 0 Å². The fourth-order valence-electron chi connectivity index (χ4n) is 3.24. The lowest BCUT2D eigenvalue weighted by Gasteiger charge is -2.26. The number of hydrogen-bond acceptors (Lipinski definition) is 6. The molecule has 1 aliphatic heterocycles. The summed E-state index contributed by atoms with van der Waals surface area (Å²) >= 11 is 0. The van der Waals surface area contributed by atoms with Crippen LogP contribution >= 0.6 is 0 Å². The van der Waals surface area contributed by atoms with E-state index in [-0.39, 0.29) is 12.2 Å². The van der Waals surface area contributed by atoms with Crippen LogP contribution in [0.4, 0.5) is 0 Å². The van der Waals surface area contributed by atoms with E-state index in [0.29, 0.717) is 29.4 Å². The van der Waals surface area contributed by atoms with E-state index in [1.807, 2.05) is 24.3 Å². The zero-order chi connectivity index (χ0) is 20.4. The van der Waals surface area contributed by atoms with Crippen LogP contribution in [0.2, 0.25) is 0 Å². The van der Waals surface area contributed by atoms with Gasteiger partial charge in [0.15, 0.2) is 23.4 Å². The van der Waals surface area contributed by atoms with Gasteiger partial charge in [0, 0.05) is 26.0 Å². The number of aryl methyl sites for hydroxylation is 1. The molecule has 148 valence electrons. The van der Waals surface area contributed by atoms with Crippen molar-refractivity contribution in [1.82, 2.24) is 9.88 Å². The number of benzene rings is 1. The first kappa shape index (κ1) is 18.7. The molecule has 0 N–H and O–H groups in total. The first-order valence-corrected chi connectivity index (χ1v) is 9.20. The molecule has 1 aliphatic rings. The molecule has 3 heterocycles. The first-order chi connectivity index (χ1) is 14.0. The molecule has 3 aromatic rings. The average Bonchev–Trinajstić information content (AvgIpc) is 2.73. The molecular weight excluding hydrogens is 372 g/mol. The van der Waals surface area contributed by atoms with E-state index in [0.717, 1.165) is 5.56 Å². The van der Waals surface area contributed by atoms with Crippen LogP contribution < -0.4 is 15.1 Å². The third kappa shape index (κ3) is 3.85. The molecule has 0 spiro atoms. The summed E-state index contributed by atoms with van der Waals surface area (Å²) in [4.78, 5) is 31.0. The van der Waals surface area contributed by atoms with Crippen molar-refractivity contribution in [2.24, 2.45) is 0 Å². The number of carbonyl (C=O) groups excluding carboxylic acids is 1. The van der Waals surface area contributed by atoms with Crippen LogP contribution in [0.25, 0.3) is 0 Å². The summed E-state index contributed by atoms with van der Waals surface area (Å²) in [6, 6.07) is 12.6. The molecule has 0 saturated heterocycles. The molecule has 0 saturated carbocycles. The molecule has 0 fully saturated rings. The van der Waals surface area contributed by atoms with Crippen molar-refractivity contribution >= 4 is 5.91 Å². The Bertz CT molecular complexity index is 1090. The van der Waals surface area contributed by atoms with E-state index in [9.17, 15) is 9.59 Å². The lowest BCUT2D eigenvalue weighted by atomic mass is 10.1. The third-order valence-corrected chi connectivity index (χ3v) is 4.70. The van der Waals surface area contributed by atoms with Crippen LogP contribution in [0.5, 0.6) is 11.5 Å². The monoisotopic (exact) mass is 392 g/mol. The Balaban J connectivity index is 1.56. The minimum atomic E-state index is -0.689. The highest BCUT2D eigenvalue weighted by Gasteiger charge is 2.27. The molecule has 29 heavy (non-hydrogen) atoms. The second-order valence-electron chi connectivity index (χ2n) is 6.88. The summed E-state index contributed by atoms with van der Waals surface area (Å²) < 4.78 is 17.0. The summed E-state index contributed by atoms with van der Waals surface area (Å²) in [5, 5.41) is 0. The molecule has 2 aromatic heterocycles. The minimum Gasteiger partial charge on any atom is -0.485 e. The molecule has 0 aliphatic carbocycles. The SMILES string of the molecule is Cc1cc(C2COc3ccccc3O2)oc(=O)c1C(=O)N(C)Cc1cccnc1. The Kier molecular flexibility index (Phi) is 5.03. The maximum absolute atomic E-state index is 12.8. The third-order valence-electron chi connectivity index (χ3n) is 4.70. The smallest absolute Gasteiger partial charge is 0.349 e. The molecule has 4 rings (SSSR count). The molecule has 1 aromatic carbocycles. The second kappa shape index (κ2) is 7.79. The van der Waals surface area contributed by atoms with Gasteiger partial charge in [-0.1, -0.05) is 18.2 Å². The van der Waals surface area contributed by atoms with Gasteiger partial charge in [-0.15, -0.1) is 0 Å². The van der Waals surface area contributed by atoms with Crippen LogP contribution in [-0.2, 0) is 6.54 Å². The van der Waals surface area contributed by atoms with Crippen molar-refractivity contribution in [3.8, 4) is 11.5 Å². The number of amides is 1. The van der Waals surface area contributed by atoms with Crippen molar-refractivity contribution < 1.29 is 18.7 Å². The number of pyridine rings is 1. The number of para-hydroxylation sites is 2. The van der Waals surface area contributed by atoms with Gasteiger partial charge in [-0.3, -0.25) is 9.78 Å². The summed E-state index contributed by atoms with van der Waals surface area (Å²) in [6.07, 6.45) is 2.78. The molecule has 1 unspecified atom stereocenters. The van der Waals surface area contributed by atoms with Gasteiger partial charge in [-0.25, -0.2) is 4.79 Å². The minimum absolute atomic E-state index is 0.0114. The van der Waals surface area contributed by atoms with Gasteiger partial charge in [-0.2, -0.15) is 0 Å². The van der Waals surface area contributed by atoms with Gasteiger partial charge in [0.05, 0.1) is 0 Å².